The fourth-order valence-corrected chi connectivity index (χ4v) is 3.39. The van der Waals surface area contributed by atoms with Crippen LogP contribution in [0.3, 0.4) is 0 Å². The number of nitrogens with one attached hydrogen (secondary N) is 2. The van der Waals surface area contributed by atoms with Gasteiger partial charge in [-0.2, -0.15) is 0 Å². The topological polar surface area (TPSA) is 57.8 Å². The van der Waals surface area contributed by atoms with Crippen LogP contribution in [0.4, 0.5) is 5.13 Å². The quantitative estimate of drug-likeness (QED) is 0.576. The van der Waals surface area contributed by atoms with Gasteiger partial charge in [-0.3, -0.25) is 4.79 Å². The second-order valence-electron chi connectivity index (χ2n) is 5.15. The third-order valence-corrected chi connectivity index (χ3v) is 4.35. The standard InChI is InChI=1S/C17H13N3OS/c1-10(21)18-17-20-16(9-22-17)11-6-7-13-12-4-2-3-5-14(12)19-15(13)8-11/h2-9,19H,1H3,(H,18,20,21). The van der Waals surface area contributed by atoms with E-state index in [1.165, 1.54) is 29.0 Å². The molecular formula is C17H13N3OS. The Morgan fingerprint density at radius 2 is 1.95 bits per heavy atom. The highest BCUT2D eigenvalue weighted by atomic mass is 32.1. The summed E-state index contributed by atoms with van der Waals surface area (Å²) in [4.78, 5) is 19.0. The summed E-state index contributed by atoms with van der Waals surface area (Å²) in [5.41, 5.74) is 4.13. The Labute approximate surface area is 130 Å². The molecule has 4 aromatic rings. The third-order valence-electron chi connectivity index (χ3n) is 3.59. The minimum absolute atomic E-state index is 0.105. The highest BCUT2D eigenvalue weighted by molar-refractivity contribution is 7.14. The molecule has 0 saturated heterocycles. The van der Waals surface area contributed by atoms with Gasteiger partial charge in [0, 0.05) is 39.7 Å². The first-order chi connectivity index (χ1) is 10.7. The minimum Gasteiger partial charge on any atom is -0.354 e. The van der Waals surface area contributed by atoms with Crippen molar-refractivity contribution in [3.63, 3.8) is 0 Å². The Hall–Kier alpha value is -2.66. The number of carbonyl (C=O) groups excluding carboxylic acids is 1. The van der Waals surface area contributed by atoms with Crippen molar-refractivity contribution < 1.29 is 4.79 Å². The van der Waals surface area contributed by atoms with Crippen LogP contribution in [0.2, 0.25) is 0 Å². The van der Waals surface area contributed by atoms with E-state index in [0.717, 1.165) is 22.3 Å². The van der Waals surface area contributed by atoms with Gasteiger partial charge in [-0.15, -0.1) is 11.3 Å². The number of thiazole rings is 1. The molecule has 0 fully saturated rings. The lowest BCUT2D eigenvalue weighted by atomic mass is 10.1. The number of amides is 1. The summed E-state index contributed by atoms with van der Waals surface area (Å²) >= 11 is 1.43. The molecule has 0 radical (unpaired) electrons. The highest BCUT2D eigenvalue weighted by Crippen LogP contribution is 2.31. The Balaban J connectivity index is 1.80. The van der Waals surface area contributed by atoms with Crippen LogP contribution in [0.15, 0.2) is 47.8 Å². The zero-order chi connectivity index (χ0) is 15.1. The van der Waals surface area contributed by atoms with Gasteiger partial charge in [0.05, 0.1) is 5.69 Å². The van der Waals surface area contributed by atoms with E-state index in [-0.39, 0.29) is 5.91 Å². The minimum atomic E-state index is -0.105. The van der Waals surface area contributed by atoms with E-state index >= 15 is 0 Å². The third kappa shape index (κ3) is 2.16. The van der Waals surface area contributed by atoms with E-state index in [1.807, 2.05) is 17.5 Å². The molecule has 0 atom stereocenters. The molecular weight excluding hydrogens is 294 g/mol. The summed E-state index contributed by atoms with van der Waals surface area (Å²) in [5, 5.41) is 7.72. The average Bonchev–Trinajstić information content (AvgIpc) is 3.10. The lowest BCUT2D eigenvalue weighted by Crippen LogP contribution is -2.04. The van der Waals surface area contributed by atoms with Crippen molar-refractivity contribution in [3.8, 4) is 11.3 Å². The summed E-state index contributed by atoms with van der Waals surface area (Å²) in [6, 6.07) is 14.5. The first-order valence-electron chi connectivity index (χ1n) is 6.95. The molecule has 0 bridgehead atoms. The van der Waals surface area contributed by atoms with E-state index in [0.29, 0.717) is 5.13 Å². The van der Waals surface area contributed by atoms with Crippen molar-refractivity contribution in [2.75, 3.05) is 5.32 Å². The van der Waals surface area contributed by atoms with E-state index in [9.17, 15) is 4.79 Å². The van der Waals surface area contributed by atoms with Crippen molar-refractivity contribution >= 4 is 44.2 Å². The molecule has 2 aromatic carbocycles. The molecule has 2 heterocycles. The predicted molar refractivity (Wildman–Crippen MR) is 91.2 cm³/mol. The summed E-state index contributed by atoms with van der Waals surface area (Å²) < 4.78 is 0. The van der Waals surface area contributed by atoms with Crippen LogP contribution < -0.4 is 5.32 Å². The molecule has 22 heavy (non-hydrogen) atoms. The molecule has 0 aliphatic heterocycles. The second kappa shape index (κ2) is 4.96. The first kappa shape index (κ1) is 13.0. The summed E-state index contributed by atoms with van der Waals surface area (Å²) in [7, 11) is 0. The largest absolute Gasteiger partial charge is 0.354 e. The van der Waals surface area contributed by atoms with Crippen molar-refractivity contribution in [2.45, 2.75) is 6.92 Å². The fraction of sp³-hybridized carbons (Fsp3) is 0.0588. The summed E-state index contributed by atoms with van der Waals surface area (Å²) in [6.07, 6.45) is 0. The number of aromatic nitrogens is 2. The second-order valence-corrected chi connectivity index (χ2v) is 6.01. The number of carbonyl (C=O) groups is 1. The Bertz CT molecular complexity index is 999. The molecule has 2 N–H and O–H groups in total. The van der Waals surface area contributed by atoms with Crippen LogP contribution in [0.5, 0.6) is 0 Å². The van der Waals surface area contributed by atoms with Gasteiger partial charge in [0.25, 0.3) is 0 Å². The van der Waals surface area contributed by atoms with Crippen LogP contribution in [0, 0.1) is 0 Å². The predicted octanol–water partition coefficient (Wildman–Crippen LogP) is 4.40. The van der Waals surface area contributed by atoms with Crippen molar-refractivity contribution in [2.24, 2.45) is 0 Å². The maximum absolute atomic E-state index is 11.1. The molecule has 5 heteroatoms. The molecule has 0 aliphatic rings. The number of rotatable bonds is 2. The lowest BCUT2D eigenvalue weighted by Gasteiger charge is -1.98. The Kier molecular flexibility index (Phi) is 2.94. The first-order valence-corrected chi connectivity index (χ1v) is 7.82. The highest BCUT2D eigenvalue weighted by Gasteiger charge is 2.09. The number of hydrogen-bond donors (Lipinski definition) is 2. The molecule has 4 rings (SSSR count). The maximum Gasteiger partial charge on any atom is 0.223 e. The van der Waals surface area contributed by atoms with Gasteiger partial charge < -0.3 is 10.3 Å². The number of fused-ring (bicyclic) bond motifs is 3. The maximum atomic E-state index is 11.1. The van der Waals surface area contributed by atoms with Gasteiger partial charge in [0.15, 0.2) is 5.13 Å². The fourth-order valence-electron chi connectivity index (χ4n) is 2.63. The number of nitrogens with zero attached hydrogens (tertiary/aromatic N) is 1. The molecule has 0 spiro atoms. The number of hydrogen-bond acceptors (Lipinski definition) is 3. The number of H-pyrrole nitrogens is 1. The van der Waals surface area contributed by atoms with Crippen LogP contribution in [-0.2, 0) is 4.79 Å². The monoisotopic (exact) mass is 307 g/mol. The van der Waals surface area contributed by atoms with E-state index in [2.05, 4.69) is 45.6 Å². The van der Waals surface area contributed by atoms with Crippen molar-refractivity contribution in [1.29, 1.82) is 0 Å². The van der Waals surface area contributed by atoms with Crippen LogP contribution in [0.25, 0.3) is 33.1 Å². The van der Waals surface area contributed by atoms with Gasteiger partial charge in [-0.25, -0.2) is 4.98 Å². The number of aromatic amines is 1. The van der Waals surface area contributed by atoms with Gasteiger partial charge in [-0.05, 0) is 12.1 Å². The molecule has 1 amide bonds. The molecule has 0 aliphatic carbocycles. The van der Waals surface area contributed by atoms with Gasteiger partial charge >= 0.3 is 0 Å². The SMILES string of the molecule is CC(=O)Nc1nc(-c2ccc3c(c2)[nH]c2ccccc23)cs1. The number of anilines is 1. The molecule has 0 saturated carbocycles. The smallest absolute Gasteiger partial charge is 0.223 e. The van der Waals surface area contributed by atoms with Crippen molar-refractivity contribution in [1.82, 2.24) is 9.97 Å². The van der Waals surface area contributed by atoms with Gasteiger partial charge in [0.2, 0.25) is 5.91 Å². The zero-order valence-electron chi connectivity index (χ0n) is 11.9. The molecule has 108 valence electrons. The summed E-state index contributed by atoms with van der Waals surface area (Å²) in [5.74, 6) is -0.105. The molecule has 4 nitrogen and oxygen atoms in total. The zero-order valence-corrected chi connectivity index (χ0v) is 12.7. The molecule has 0 unspecified atom stereocenters. The van der Waals surface area contributed by atoms with E-state index in [4.69, 9.17) is 0 Å². The van der Waals surface area contributed by atoms with Gasteiger partial charge in [0.1, 0.15) is 0 Å². The van der Waals surface area contributed by atoms with Crippen molar-refractivity contribution in [3.05, 3.63) is 47.8 Å². The van der Waals surface area contributed by atoms with Crippen LogP contribution in [0.1, 0.15) is 6.92 Å². The number of benzene rings is 2. The van der Waals surface area contributed by atoms with Crippen LogP contribution >= 0.6 is 11.3 Å². The van der Waals surface area contributed by atoms with Crippen LogP contribution in [-0.4, -0.2) is 15.9 Å². The Morgan fingerprint density at radius 1 is 1.14 bits per heavy atom. The van der Waals surface area contributed by atoms with E-state index < -0.39 is 0 Å². The van der Waals surface area contributed by atoms with Gasteiger partial charge in [-0.1, -0.05) is 30.3 Å². The van der Waals surface area contributed by atoms with E-state index in [1.54, 1.807) is 0 Å². The summed E-state index contributed by atoms with van der Waals surface area (Å²) in [6.45, 7) is 1.48. The lowest BCUT2D eigenvalue weighted by molar-refractivity contribution is -0.114. The number of para-hydroxylation sites is 1. The average molecular weight is 307 g/mol. The normalized spacial score (nSPS) is 11.1. The molecule has 2 aromatic heterocycles. The Morgan fingerprint density at radius 3 is 2.82 bits per heavy atom.